The summed E-state index contributed by atoms with van der Waals surface area (Å²) in [6, 6.07) is 0.813. The summed E-state index contributed by atoms with van der Waals surface area (Å²) >= 11 is 0. The predicted molar refractivity (Wildman–Crippen MR) is 100 cm³/mol. The molecule has 0 aliphatic carbocycles. The third-order valence-corrected chi connectivity index (χ3v) is 5.89. The molecule has 1 unspecified atom stereocenters. The summed E-state index contributed by atoms with van der Waals surface area (Å²) in [6.07, 6.45) is -0.413. The topological polar surface area (TPSA) is 65.1 Å². The molecule has 0 bridgehead atoms. The normalized spacial score (nSPS) is 20.3. The Morgan fingerprint density at radius 2 is 2.08 bits per heavy atom. The van der Waals surface area contributed by atoms with E-state index >= 15 is 0 Å². The fourth-order valence-corrected chi connectivity index (χ4v) is 3.25. The maximum Gasteiger partial charge on any atom is 0.416 e. The van der Waals surface area contributed by atoms with Crippen LogP contribution in [-0.2, 0) is 19.0 Å². The van der Waals surface area contributed by atoms with Crippen molar-refractivity contribution in [3.8, 4) is 0 Å². The second-order valence-corrected chi connectivity index (χ2v) is 13.7. The summed E-state index contributed by atoms with van der Waals surface area (Å²) in [7, 11) is -1.14. The van der Waals surface area contributed by atoms with E-state index in [1.165, 1.54) is 4.90 Å². The molecule has 0 aromatic rings. The van der Waals surface area contributed by atoms with Gasteiger partial charge in [-0.1, -0.05) is 32.1 Å². The van der Waals surface area contributed by atoms with Crippen LogP contribution in [0.4, 0.5) is 4.79 Å². The minimum Gasteiger partial charge on any atom is -0.447 e. The molecule has 1 saturated heterocycles. The Kier molecular flexibility index (Phi) is 8.30. The van der Waals surface area contributed by atoms with E-state index in [4.69, 9.17) is 14.2 Å². The fourth-order valence-electron chi connectivity index (χ4n) is 2.50. The lowest BCUT2D eigenvalue weighted by atomic mass is 9.97. The number of nitrogens with zero attached hydrogens (tertiary/aromatic N) is 1. The van der Waals surface area contributed by atoms with Gasteiger partial charge in [-0.25, -0.2) is 9.69 Å². The number of hydrogen-bond acceptors (Lipinski definition) is 5. The van der Waals surface area contributed by atoms with Gasteiger partial charge in [0.2, 0.25) is 5.91 Å². The number of amides is 2. The predicted octanol–water partition coefficient (Wildman–Crippen LogP) is 3.65. The Morgan fingerprint density at radius 3 is 2.56 bits per heavy atom. The molecule has 3 atom stereocenters. The molecular weight excluding hydrogens is 338 g/mol. The number of carbonyl (C=O) groups is 2. The van der Waals surface area contributed by atoms with Crippen molar-refractivity contribution < 1.29 is 23.8 Å². The van der Waals surface area contributed by atoms with Gasteiger partial charge in [-0.05, 0) is 26.3 Å². The van der Waals surface area contributed by atoms with E-state index < -0.39 is 20.1 Å². The Labute approximate surface area is 152 Å². The molecule has 0 aromatic carbocycles. The van der Waals surface area contributed by atoms with Gasteiger partial charge in [-0.2, -0.15) is 0 Å². The van der Waals surface area contributed by atoms with Crippen molar-refractivity contribution in [1.82, 2.24) is 4.90 Å². The van der Waals surface area contributed by atoms with Gasteiger partial charge in [0.1, 0.15) is 13.4 Å². The molecule has 1 heterocycles. The number of carbonyl (C=O) groups excluding carboxylic acids is 2. The molecule has 0 radical (unpaired) electrons. The standard InChI is InChI=1S/C18H33NO5Si/c1-13(2)10-16(24-12-22-8-9-25(5,6)7)15(4)17(20)19-14(3)11-23-18(19)21/h14-16H,1,8-12H2,2-7H3/t14?,15-,16+/m0/s1. The van der Waals surface area contributed by atoms with E-state index in [-0.39, 0.29) is 31.5 Å². The zero-order chi connectivity index (χ0) is 19.2. The van der Waals surface area contributed by atoms with Crippen molar-refractivity contribution >= 4 is 20.1 Å². The van der Waals surface area contributed by atoms with Gasteiger partial charge < -0.3 is 14.2 Å². The minimum atomic E-state index is -1.14. The summed E-state index contributed by atoms with van der Waals surface area (Å²) in [5, 5.41) is 0. The monoisotopic (exact) mass is 371 g/mol. The maximum absolute atomic E-state index is 12.7. The van der Waals surface area contributed by atoms with Crippen molar-refractivity contribution in [3.05, 3.63) is 12.2 Å². The van der Waals surface area contributed by atoms with Crippen molar-refractivity contribution in [2.45, 2.75) is 65.0 Å². The first-order valence-corrected chi connectivity index (χ1v) is 12.6. The Hall–Kier alpha value is -1.18. The van der Waals surface area contributed by atoms with Crippen LogP contribution in [0.25, 0.3) is 0 Å². The molecule has 7 heteroatoms. The molecule has 25 heavy (non-hydrogen) atoms. The number of hydrogen-bond donors (Lipinski definition) is 0. The Morgan fingerprint density at radius 1 is 1.44 bits per heavy atom. The summed E-state index contributed by atoms with van der Waals surface area (Å²) < 4.78 is 16.3. The van der Waals surface area contributed by atoms with Gasteiger partial charge >= 0.3 is 6.09 Å². The van der Waals surface area contributed by atoms with Gasteiger partial charge in [0.05, 0.1) is 18.1 Å². The van der Waals surface area contributed by atoms with Crippen LogP contribution in [0.3, 0.4) is 0 Å². The van der Waals surface area contributed by atoms with Crippen molar-refractivity contribution in [1.29, 1.82) is 0 Å². The molecule has 2 amide bonds. The van der Waals surface area contributed by atoms with Gasteiger partial charge in [-0.15, -0.1) is 6.58 Å². The summed E-state index contributed by atoms with van der Waals surface area (Å²) in [6.45, 7) is 17.3. The molecule has 1 rings (SSSR count). The molecule has 0 aromatic heterocycles. The van der Waals surface area contributed by atoms with Crippen LogP contribution in [0.2, 0.25) is 25.7 Å². The van der Waals surface area contributed by atoms with Gasteiger partial charge in [-0.3, -0.25) is 4.79 Å². The molecule has 0 saturated carbocycles. The van der Waals surface area contributed by atoms with Crippen LogP contribution in [0.15, 0.2) is 12.2 Å². The van der Waals surface area contributed by atoms with Crippen molar-refractivity contribution in [2.24, 2.45) is 5.92 Å². The van der Waals surface area contributed by atoms with Crippen LogP contribution in [0.1, 0.15) is 27.2 Å². The number of cyclic esters (lactones) is 1. The zero-order valence-corrected chi connectivity index (χ0v) is 17.5. The molecule has 1 aliphatic rings. The Balaban J connectivity index is 2.59. The molecule has 1 aliphatic heterocycles. The van der Waals surface area contributed by atoms with E-state index in [0.29, 0.717) is 13.0 Å². The number of imide groups is 1. The average molecular weight is 372 g/mol. The largest absolute Gasteiger partial charge is 0.447 e. The molecule has 1 fully saturated rings. The van der Waals surface area contributed by atoms with Crippen LogP contribution in [0, 0.1) is 5.92 Å². The molecular formula is C18H33NO5Si. The summed E-state index contributed by atoms with van der Waals surface area (Å²) in [4.78, 5) is 25.6. The third-order valence-electron chi connectivity index (χ3n) is 4.18. The van der Waals surface area contributed by atoms with Gasteiger partial charge in [0.25, 0.3) is 0 Å². The summed E-state index contributed by atoms with van der Waals surface area (Å²) in [5.74, 6) is -0.756. The first kappa shape index (κ1) is 21.9. The van der Waals surface area contributed by atoms with Crippen molar-refractivity contribution in [2.75, 3.05) is 20.0 Å². The second-order valence-electron chi connectivity index (χ2n) is 8.13. The maximum atomic E-state index is 12.7. The third kappa shape index (κ3) is 7.29. The van der Waals surface area contributed by atoms with Crippen molar-refractivity contribution in [3.63, 3.8) is 0 Å². The molecule has 6 nitrogen and oxygen atoms in total. The zero-order valence-electron chi connectivity index (χ0n) is 16.5. The van der Waals surface area contributed by atoms with Gasteiger partial charge in [0, 0.05) is 14.7 Å². The van der Waals surface area contributed by atoms with E-state index in [2.05, 4.69) is 26.2 Å². The lowest BCUT2D eigenvalue weighted by molar-refractivity contribution is -0.144. The lowest BCUT2D eigenvalue weighted by Crippen LogP contribution is -2.44. The number of rotatable bonds is 10. The van der Waals surface area contributed by atoms with Crippen LogP contribution in [0.5, 0.6) is 0 Å². The first-order valence-electron chi connectivity index (χ1n) is 8.86. The number of ether oxygens (including phenoxy) is 3. The highest BCUT2D eigenvalue weighted by atomic mass is 28.3. The highest BCUT2D eigenvalue weighted by Gasteiger charge is 2.39. The first-order chi connectivity index (χ1) is 11.5. The quantitative estimate of drug-likeness (QED) is 0.254. The highest BCUT2D eigenvalue weighted by Crippen LogP contribution is 2.22. The van der Waals surface area contributed by atoms with E-state index in [9.17, 15) is 9.59 Å². The SMILES string of the molecule is C=C(C)C[C@@H](OCOCC[Si](C)(C)C)[C@H](C)C(=O)N1C(=O)OCC1C. The van der Waals surface area contributed by atoms with Crippen LogP contribution < -0.4 is 0 Å². The molecule has 144 valence electrons. The highest BCUT2D eigenvalue weighted by molar-refractivity contribution is 6.76. The van der Waals surface area contributed by atoms with E-state index in [1.807, 2.05) is 6.92 Å². The second kappa shape index (κ2) is 9.50. The van der Waals surface area contributed by atoms with Gasteiger partial charge in [0.15, 0.2) is 0 Å². The minimum absolute atomic E-state index is 0.139. The lowest BCUT2D eigenvalue weighted by Gasteiger charge is -2.27. The molecule has 0 N–H and O–H groups in total. The van der Waals surface area contributed by atoms with Crippen LogP contribution >= 0.6 is 0 Å². The average Bonchev–Trinajstić information content (AvgIpc) is 2.81. The smallest absolute Gasteiger partial charge is 0.416 e. The fraction of sp³-hybridized carbons (Fsp3) is 0.778. The van der Waals surface area contributed by atoms with E-state index in [0.717, 1.165) is 11.6 Å². The Bertz CT molecular complexity index is 488. The summed E-state index contributed by atoms with van der Waals surface area (Å²) in [5.41, 5.74) is 0.920. The van der Waals surface area contributed by atoms with Crippen LogP contribution in [-0.4, -0.2) is 57.1 Å². The van der Waals surface area contributed by atoms with E-state index in [1.54, 1.807) is 13.8 Å². The molecule has 0 spiro atoms.